The van der Waals surface area contributed by atoms with Crippen molar-refractivity contribution >= 4 is 0 Å². The van der Waals surface area contributed by atoms with E-state index in [9.17, 15) is 4.39 Å². The number of benzene rings is 1. The Labute approximate surface area is 138 Å². The number of piperidine rings is 1. The molecule has 0 radical (unpaired) electrons. The third-order valence-electron chi connectivity index (χ3n) is 5.10. The van der Waals surface area contributed by atoms with Crippen LogP contribution in [0.5, 0.6) is 0 Å². The molecule has 0 unspecified atom stereocenters. The largest absolute Gasteiger partial charge is 0.381 e. The summed E-state index contributed by atoms with van der Waals surface area (Å²) in [7, 11) is 0. The molecule has 2 heterocycles. The standard InChI is InChI=1S/C19H28FNO2/c1-15(17-2-4-18(20)5-3-17)12-21-9-6-19(7-10-21)23-14-16-8-11-22-13-16/h2-5,15-16,19H,6-14H2,1H3/t15-,16-/m1/s1. The van der Waals surface area contributed by atoms with E-state index in [1.54, 1.807) is 12.1 Å². The minimum atomic E-state index is -0.161. The second-order valence-corrected chi connectivity index (χ2v) is 7.02. The Hall–Kier alpha value is -0.970. The van der Waals surface area contributed by atoms with Gasteiger partial charge in [0.25, 0.3) is 0 Å². The van der Waals surface area contributed by atoms with Crippen molar-refractivity contribution in [2.75, 3.05) is 39.5 Å². The zero-order chi connectivity index (χ0) is 16.1. The molecule has 0 amide bonds. The van der Waals surface area contributed by atoms with Crippen LogP contribution >= 0.6 is 0 Å². The average Bonchev–Trinajstić information content (AvgIpc) is 3.08. The Bertz CT molecular complexity index is 465. The molecule has 23 heavy (non-hydrogen) atoms. The normalized spacial score (nSPS) is 24.9. The van der Waals surface area contributed by atoms with Gasteiger partial charge in [-0.1, -0.05) is 19.1 Å². The van der Waals surface area contributed by atoms with E-state index in [1.165, 1.54) is 5.56 Å². The van der Waals surface area contributed by atoms with E-state index in [4.69, 9.17) is 9.47 Å². The first-order valence-electron chi connectivity index (χ1n) is 8.88. The smallest absolute Gasteiger partial charge is 0.123 e. The van der Waals surface area contributed by atoms with Crippen LogP contribution in [0.25, 0.3) is 0 Å². The quantitative estimate of drug-likeness (QED) is 0.801. The molecule has 1 aromatic carbocycles. The van der Waals surface area contributed by atoms with Crippen LogP contribution < -0.4 is 0 Å². The highest BCUT2D eigenvalue weighted by Crippen LogP contribution is 2.22. The first-order chi connectivity index (χ1) is 11.2. The summed E-state index contributed by atoms with van der Waals surface area (Å²) >= 11 is 0. The minimum Gasteiger partial charge on any atom is -0.381 e. The van der Waals surface area contributed by atoms with E-state index in [1.807, 2.05) is 12.1 Å². The van der Waals surface area contributed by atoms with Crippen LogP contribution in [-0.2, 0) is 9.47 Å². The maximum atomic E-state index is 13.0. The Morgan fingerprint density at radius 1 is 1.22 bits per heavy atom. The summed E-state index contributed by atoms with van der Waals surface area (Å²) in [6.45, 7) is 8.07. The van der Waals surface area contributed by atoms with Gasteiger partial charge in [0.2, 0.25) is 0 Å². The van der Waals surface area contributed by atoms with Gasteiger partial charge in [0, 0.05) is 32.2 Å². The van der Waals surface area contributed by atoms with Gasteiger partial charge >= 0.3 is 0 Å². The molecule has 0 bridgehead atoms. The molecule has 0 saturated carbocycles. The maximum absolute atomic E-state index is 13.0. The van der Waals surface area contributed by atoms with Gasteiger partial charge in [0.05, 0.1) is 19.3 Å². The van der Waals surface area contributed by atoms with Crippen LogP contribution in [0.4, 0.5) is 4.39 Å². The zero-order valence-electron chi connectivity index (χ0n) is 14.0. The Kier molecular flexibility index (Phi) is 6.03. The van der Waals surface area contributed by atoms with E-state index in [2.05, 4.69) is 11.8 Å². The van der Waals surface area contributed by atoms with Crippen molar-refractivity contribution in [2.24, 2.45) is 5.92 Å². The molecule has 3 rings (SSSR count). The van der Waals surface area contributed by atoms with Crippen molar-refractivity contribution < 1.29 is 13.9 Å². The molecule has 128 valence electrons. The Balaban J connectivity index is 1.37. The van der Waals surface area contributed by atoms with Gasteiger partial charge < -0.3 is 14.4 Å². The van der Waals surface area contributed by atoms with E-state index < -0.39 is 0 Å². The highest BCUT2D eigenvalue weighted by Gasteiger charge is 2.23. The minimum absolute atomic E-state index is 0.161. The topological polar surface area (TPSA) is 21.7 Å². The fourth-order valence-corrected chi connectivity index (χ4v) is 3.53. The van der Waals surface area contributed by atoms with Gasteiger partial charge in [-0.2, -0.15) is 0 Å². The van der Waals surface area contributed by atoms with E-state index in [0.29, 0.717) is 17.9 Å². The van der Waals surface area contributed by atoms with Crippen LogP contribution in [-0.4, -0.2) is 50.5 Å². The second kappa shape index (κ2) is 8.22. The Morgan fingerprint density at radius 3 is 2.61 bits per heavy atom. The monoisotopic (exact) mass is 321 g/mol. The summed E-state index contributed by atoms with van der Waals surface area (Å²) in [5.74, 6) is 0.877. The van der Waals surface area contributed by atoms with Crippen molar-refractivity contribution in [1.29, 1.82) is 0 Å². The van der Waals surface area contributed by atoms with Crippen molar-refractivity contribution in [3.05, 3.63) is 35.6 Å². The van der Waals surface area contributed by atoms with E-state index >= 15 is 0 Å². The van der Waals surface area contributed by atoms with Gasteiger partial charge in [-0.15, -0.1) is 0 Å². The molecule has 2 aliphatic rings. The molecule has 2 aliphatic heterocycles. The molecular formula is C19H28FNO2. The summed E-state index contributed by atoms with van der Waals surface area (Å²) < 4.78 is 24.5. The number of hydrogen-bond acceptors (Lipinski definition) is 3. The fraction of sp³-hybridized carbons (Fsp3) is 0.684. The number of hydrogen-bond donors (Lipinski definition) is 0. The predicted octanol–water partition coefficient (Wildman–Crippen LogP) is 3.45. The molecule has 2 atom stereocenters. The van der Waals surface area contributed by atoms with Crippen molar-refractivity contribution in [3.8, 4) is 0 Å². The molecule has 2 saturated heterocycles. The van der Waals surface area contributed by atoms with Gasteiger partial charge in [-0.25, -0.2) is 4.39 Å². The number of nitrogens with zero attached hydrogens (tertiary/aromatic N) is 1. The fourth-order valence-electron chi connectivity index (χ4n) is 3.53. The molecule has 2 fully saturated rings. The van der Waals surface area contributed by atoms with Gasteiger partial charge in [0.1, 0.15) is 5.82 Å². The number of likely N-dealkylation sites (tertiary alicyclic amines) is 1. The zero-order valence-corrected chi connectivity index (χ0v) is 14.0. The second-order valence-electron chi connectivity index (χ2n) is 7.02. The third kappa shape index (κ3) is 5.00. The highest BCUT2D eigenvalue weighted by molar-refractivity contribution is 5.20. The predicted molar refractivity (Wildman–Crippen MR) is 89.2 cm³/mol. The molecule has 0 N–H and O–H groups in total. The maximum Gasteiger partial charge on any atom is 0.123 e. The number of rotatable bonds is 6. The van der Waals surface area contributed by atoms with Crippen molar-refractivity contribution in [2.45, 2.75) is 38.2 Å². The lowest BCUT2D eigenvalue weighted by atomic mass is 9.99. The summed E-state index contributed by atoms with van der Waals surface area (Å²) in [5, 5.41) is 0. The molecule has 0 aliphatic carbocycles. The van der Waals surface area contributed by atoms with Crippen molar-refractivity contribution in [3.63, 3.8) is 0 Å². The Morgan fingerprint density at radius 2 is 1.96 bits per heavy atom. The lowest BCUT2D eigenvalue weighted by molar-refractivity contribution is -0.0110. The SMILES string of the molecule is C[C@H](CN1CCC(OC[C@@H]2CCOC2)CC1)c1ccc(F)cc1. The molecular weight excluding hydrogens is 293 g/mol. The summed E-state index contributed by atoms with van der Waals surface area (Å²) in [4.78, 5) is 2.51. The molecule has 0 spiro atoms. The summed E-state index contributed by atoms with van der Waals surface area (Å²) in [6, 6.07) is 6.91. The molecule has 1 aromatic rings. The van der Waals surface area contributed by atoms with Gasteiger partial charge in [0.15, 0.2) is 0 Å². The lowest BCUT2D eigenvalue weighted by Gasteiger charge is -2.34. The van der Waals surface area contributed by atoms with Gasteiger partial charge in [-0.3, -0.25) is 0 Å². The summed E-state index contributed by atoms with van der Waals surface area (Å²) in [5.41, 5.74) is 1.21. The van der Waals surface area contributed by atoms with Crippen LogP contribution in [0.1, 0.15) is 37.7 Å². The molecule has 0 aromatic heterocycles. The van der Waals surface area contributed by atoms with Crippen LogP contribution in [0, 0.1) is 11.7 Å². The average molecular weight is 321 g/mol. The first kappa shape index (κ1) is 16.9. The molecule has 4 heteroatoms. The number of halogens is 1. The number of ether oxygens (including phenoxy) is 2. The highest BCUT2D eigenvalue weighted by atomic mass is 19.1. The van der Waals surface area contributed by atoms with E-state index in [-0.39, 0.29) is 5.82 Å². The molecule has 3 nitrogen and oxygen atoms in total. The van der Waals surface area contributed by atoms with Crippen LogP contribution in [0.2, 0.25) is 0 Å². The first-order valence-corrected chi connectivity index (χ1v) is 8.88. The van der Waals surface area contributed by atoms with Crippen LogP contribution in [0.3, 0.4) is 0 Å². The van der Waals surface area contributed by atoms with Gasteiger partial charge in [-0.05, 0) is 42.9 Å². The third-order valence-corrected chi connectivity index (χ3v) is 5.10. The van der Waals surface area contributed by atoms with Crippen molar-refractivity contribution in [1.82, 2.24) is 4.90 Å². The lowest BCUT2D eigenvalue weighted by Crippen LogP contribution is -2.39. The summed E-state index contributed by atoms with van der Waals surface area (Å²) in [6.07, 6.45) is 3.79. The van der Waals surface area contributed by atoms with E-state index in [0.717, 1.165) is 58.7 Å². The van der Waals surface area contributed by atoms with Crippen LogP contribution in [0.15, 0.2) is 24.3 Å².